The molecular weight excluding hydrogens is 749 g/mol. The zero-order chi connectivity index (χ0) is 41.1. The molecule has 0 amide bonds. The lowest BCUT2D eigenvalue weighted by Crippen LogP contribution is -2.14. The zero-order valence-electron chi connectivity index (χ0n) is 34.5. The number of hydrogen-bond acceptors (Lipinski definition) is 1. The van der Waals surface area contributed by atoms with Gasteiger partial charge in [0.25, 0.3) is 0 Å². The Hall–Kier alpha value is -7.74. The van der Waals surface area contributed by atoms with Crippen molar-refractivity contribution in [2.75, 3.05) is 0 Å². The molecule has 11 aromatic carbocycles. The molecule has 0 saturated carbocycles. The van der Waals surface area contributed by atoms with E-state index in [1.165, 1.54) is 110 Å². The molecule has 12 aromatic rings. The number of hydrogen-bond donors (Lipinski definition) is 0. The van der Waals surface area contributed by atoms with Crippen LogP contribution in [0, 0.1) is 0 Å². The molecule has 1 heteroatoms. The Labute approximate surface area is 360 Å². The van der Waals surface area contributed by atoms with E-state index in [4.69, 9.17) is 4.42 Å². The lowest BCUT2D eigenvalue weighted by molar-refractivity contribution is 0.661. The van der Waals surface area contributed by atoms with Crippen LogP contribution in [0.2, 0.25) is 0 Å². The molecule has 1 heterocycles. The first-order valence-electron chi connectivity index (χ1n) is 21.7. The lowest BCUT2D eigenvalue weighted by atomic mass is 9.82. The van der Waals surface area contributed by atoms with Crippen LogP contribution >= 0.6 is 0 Å². The Morgan fingerprint density at radius 3 is 1.48 bits per heavy atom. The predicted octanol–water partition coefficient (Wildman–Crippen LogP) is 17.2. The second-order valence-electron chi connectivity index (χ2n) is 17.5. The molecule has 0 N–H and O–H groups in total. The van der Waals surface area contributed by atoms with Gasteiger partial charge in [-0.15, -0.1) is 0 Å². The molecule has 0 unspecified atom stereocenters. The van der Waals surface area contributed by atoms with E-state index in [0.29, 0.717) is 0 Å². The molecule has 0 bridgehead atoms. The van der Waals surface area contributed by atoms with Gasteiger partial charge in [0.2, 0.25) is 0 Å². The second kappa shape index (κ2) is 13.1. The third-order valence-corrected chi connectivity index (χ3v) is 13.9. The second-order valence-corrected chi connectivity index (χ2v) is 17.5. The highest BCUT2D eigenvalue weighted by molar-refractivity contribution is 6.23. The van der Waals surface area contributed by atoms with Crippen LogP contribution in [-0.4, -0.2) is 0 Å². The molecule has 0 saturated heterocycles. The number of fused-ring (bicyclic) bond motifs is 11. The zero-order valence-corrected chi connectivity index (χ0v) is 34.5. The molecule has 0 radical (unpaired) electrons. The van der Waals surface area contributed by atoms with Gasteiger partial charge in [-0.2, -0.15) is 0 Å². The number of benzene rings is 11. The van der Waals surface area contributed by atoms with Crippen molar-refractivity contribution < 1.29 is 4.42 Å². The van der Waals surface area contributed by atoms with Gasteiger partial charge in [0.05, 0.1) is 0 Å². The van der Waals surface area contributed by atoms with Crippen LogP contribution < -0.4 is 0 Å². The number of rotatable bonds is 4. The summed E-state index contributed by atoms with van der Waals surface area (Å²) in [5.74, 6) is 0. The van der Waals surface area contributed by atoms with Gasteiger partial charge in [0, 0.05) is 16.2 Å². The Balaban J connectivity index is 0.992. The third-order valence-electron chi connectivity index (χ3n) is 13.9. The summed E-state index contributed by atoms with van der Waals surface area (Å²) in [7, 11) is 0. The van der Waals surface area contributed by atoms with E-state index in [1.807, 2.05) is 0 Å². The van der Waals surface area contributed by atoms with Crippen LogP contribution in [0.1, 0.15) is 25.0 Å². The predicted molar refractivity (Wildman–Crippen MR) is 263 cm³/mol. The van der Waals surface area contributed by atoms with Crippen LogP contribution in [0.25, 0.3) is 121 Å². The van der Waals surface area contributed by atoms with Gasteiger partial charge < -0.3 is 4.42 Å². The van der Waals surface area contributed by atoms with Crippen LogP contribution in [0.5, 0.6) is 0 Å². The van der Waals surface area contributed by atoms with Crippen LogP contribution in [-0.2, 0) is 5.41 Å². The molecule has 1 aliphatic carbocycles. The Bertz CT molecular complexity index is 3780. The van der Waals surface area contributed by atoms with Gasteiger partial charge in [-0.25, -0.2) is 0 Å². The topological polar surface area (TPSA) is 13.1 Å². The van der Waals surface area contributed by atoms with E-state index >= 15 is 0 Å². The summed E-state index contributed by atoms with van der Waals surface area (Å²) in [5.41, 5.74) is 17.0. The maximum absolute atomic E-state index is 6.57. The minimum absolute atomic E-state index is 0.0684. The van der Waals surface area contributed by atoms with Crippen molar-refractivity contribution in [3.05, 3.63) is 217 Å². The van der Waals surface area contributed by atoms with Crippen molar-refractivity contribution >= 4 is 65.0 Å². The van der Waals surface area contributed by atoms with Gasteiger partial charge in [-0.05, 0) is 140 Å². The highest BCUT2D eigenvalue weighted by atomic mass is 16.3. The molecule has 13 rings (SSSR count). The fourth-order valence-corrected chi connectivity index (χ4v) is 10.9. The van der Waals surface area contributed by atoms with Crippen LogP contribution in [0.4, 0.5) is 0 Å². The standard InChI is InChI=1S/C61H40O/c1-61(2)54-30-27-39(35-53(54)60-43-18-6-4-15-38(43)26-31-55(60)61)40-28-32-56-51(34-40)52-36-41(29-33-57(52)62-56)58-47-21-9-11-23-49(47)59(50-24-12-10-22-48(50)58)46-20-8-7-19-45(46)44-25-13-16-37-14-3-5-17-42(37)44/h3-36H,1-2H3. The van der Waals surface area contributed by atoms with E-state index < -0.39 is 0 Å². The molecule has 0 aliphatic heterocycles. The highest BCUT2D eigenvalue weighted by Crippen LogP contribution is 2.53. The van der Waals surface area contributed by atoms with Gasteiger partial charge in [0.1, 0.15) is 11.2 Å². The van der Waals surface area contributed by atoms with E-state index in [0.717, 1.165) is 21.9 Å². The summed E-state index contributed by atoms with van der Waals surface area (Å²) in [6, 6.07) is 76.2. The SMILES string of the molecule is CC1(C)c2ccc(-c3ccc4oc5ccc(-c6c7ccccc7c(-c7ccccc7-c7cccc8ccccc78)c7ccccc67)cc5c4c3)cc2-c2c1ccc1ccccc21. The summed E-state index contributed by atoms with van der Waals surface area (Å²) >= 11 is 0. The van der Waals surface area contributed by atoms with E-state index in [1.54, 1.807) is 0 Å². The summed E-state index contributed by atoms with van der Waals surface area (Å²) in [6.45, 7) is 4.72. The van der Waals surface area contributed by atoms with Crippen molar-refractivity contribution in [1.29, 1.82) is 0 Å². The number of furan rings is 1. The maximum Gasteiger partial charge on any atom is 0.135 e. The third kappa shape index (κ3) is 5.03. The highest BCUT2D eigenvalue weighted by Gasteiger charge is 2.36. The first-order chi connectivity index (χ1) is 30.5. The largest absolute Gasteiger partial charge is 0.456 e. The minimum Gasteiger partial charge on any atom is -0.456 e. The summed E-state index contributed by atoms with van der Waals surface area (Å²) in [5, 5.41) is 12.3. The van der Waals surface area contributed by atoms with Crippen LogP contribution in [0.3, 0.4) is 0 Å². The normalized spacial score (nSPS) is 13.1. The Kier molecular flexibility index (Phi) is 7.42. The quantitative estimate of drug-likeness (QED) is 0.162. The lowest BCUT2D eigenvalue weighted by Gasteiger charge is -2.21. The van der Waals surface area contributed by atoms with E-state index in [2.05, 4.69) is 220 Å². The fraction of sp³-hybridized carbons (Fsp3) is 0.0492. The summed E-state index contributed by atoms with van der Waals surface area (Å²) in [4.78, 5) is 0. The first-order valence-corrected chi connectivity index (χ1v) is 21.7. The monoisotopic (exact) mass is 788 g/mol. The molecule has 1 nitrogen and oxygen atoms in total. The van der Waals surface area contributed by atoms with Crippen molar-refractivity contribution in [1.82, 2.24) is 0 Å². The summed E-state index contributed by atoms with van der Waals surface area (Å²) < 4.78 is 6.57. The molecule has 0 fully saturated rings. The van der Waals surface area contributed by atoms with Gasteiger partial charge in [0.15, 0.2) is 0 Å². The molecule has 0 spiro atoms. The van der Waals surface area contributed by atoms with Crippen molar-refractivity contribution in [3.8, 4) is 55.6 Å². The fourth-order valence-electron chi connectivity index (χ4n) is 10.9. The van der Waals surface area contributed by atoms with E-state index in [-0.39, 0.29) is 5.41 Å². The first kappa shape index (κ1) is 35.1. The van der Waals surface area contributed by atoms with Crippen molar-refractivity contribution in [2.45, 2.75) is 19.3 Å². The van der Waals surface area contributed by atoms with Crippen molar-refractivity contribution in [3.63, 3.8) is 0 Å². The molecule has 290 valence electrons. The molecule has 1 aromatic heterocycles. The average molecular weight is 789 g/mol. The average Bonchev–Trinajstić information content (AvgIpc) is 3.80. The van der Waals surface area contributed by atoms with Crippen molar-refractivity contribution in [2.24, 2.45) is 0 Å². The molecular formula is C61H40O. The Morgan fingerprint density at radius 2 is 0.774 bits per heavy atom. The molecule has 0 atom stereocenters. The Morgan fingerprint density at radius 1 is 0.290 bits per heavy atom. The minimum atomic E-state index is -0.0684. The van der Waals surface area contributed by atoms with Gasteiger partial charge in [-0.3, -0.25) is 0 Å². The molecule has 62 heavy (non-hydrogen) atoms. The van der Waals surface area contributed by atoms with E-state index in [9.17, 15) is 0 Å². The smallest absolute Gasteiger partial charge is 0.135 e. The van der Waals surface area contributed by atoms with Crippen LogP contribution in [0.15, 0.2) is 211 Å². The van der Waals surface area contributed by atoms with Gasteiger partial charge >= 0.3 is 0 Å². The van der Waals surface area contributed by atoms with Gasteiger partial charge in [-0.1, -0.05) is 190 Å². The summed E-state index contributed by atoms with van der Waals surface area (Å²) in [6.07, 6.45) is 0. The molecule has 1 aliphatic rings. The maximum atomic E-state index is 6.57.